The number of hydrogen-bond donors (Lipinski definition) is 1. The quantitative estimate of drug-likeness (QED) is 0.663. The summed E-state index contributed by atoms with van der Waals surface area (Å²) in [5.74, 6) is -0.857. The van der Waals surface area contributed by atoms with Crippen molar-refractivity contribution < 1.29 is 14.4 Å². The number of carboxylic acids is 1. The first-order valence-electron chi connectivity index (χ1n) is 9.93. The molecular weight excluding hydrogens is 322 g/mol. The number of aryl methyl sites for hydroxylation is 2. The van der Waals surface area contributed by atoms with Crippen molar-refractivity contribution in [3.63, 3.8) is 0 Å². The summed E-state index contributed by atoms with van der Waals surface area (Å²) >= 11 is 0. The Balaban J connectivity index is 1.84. The molecule has 0 amide bonds. The molecular formula is C23H26NO2+. The molecule has 0 saturated carbocycles. The summed E-state index contributed by atoms with van der Waals surface area (Å²) in [5, 5.41) is 10.0. The zero-order valence-electron chi connectivity index (χ0n) is 15.3. The number of nitrogens with zero attached hydrogens (tertiary/aromatic N) is 1. The topological polar surface area (TPSA) is 37.3 Å². The first-order valence-corrected chi connectivity index (χ1v) is 9.93. The van der Waals surface area contributed by atoms with E-state index in [0.717, 1.165) is 43.3 Å². The van der Waals surface area contributed by atoms with Gasteiger partial charge in [-0.3, -0.25) is 9.28 Å². The van der Waals surface area contributed by atoms with E-state index in [4.69, 9.17) is 0 Å². The number of benzene rings is 2. The van der Waals surface area contributed by atoms with Gasteiger partial charge in [-0.1, -0.05) is 48.5 Å². The SMILES string of the molecule is CC[N@+]12CCCC(C(=O)O)C1C21c2ccccc2CCc2ccccc21. The Morgan fingerprint density at radius 1 is 1.08 bits per heavy atom. The van der Waals surface area contributed by atoms with Gasteiger partial charge < -0.3 is 5.11 Å². The Morgan fingerprint density at radius 3 is 2.19 bits per heavy atom. The molecule has 26 heavy (non-hydrogen) atoms. The molecule has 2 heterocycles. The van der Waals surface area contributed by atoms with E-state index in [0.29, 0.717) is 0 Å². The molecule has 1 N–H and O–H groups in total. The van der Waals surface area contributed by atoms with Crippen LogP contribution in [0.1, 0.15) is 42.0 Å². The lowest BCUT2D eigenvalue weighted by Crippen LogP contribution is -2.41. The second-order valence-electron chi connectivity index (χ2n) is 8.19. The van der Waals surface area contributed by atoms with Gasteiger partial charge in [0.2, 0.25) is 5.54 Å². The Morgan fingerprint density at radius 2 is 1.65 bits per heavy atom. The second kappa shape index (κ2) is 5.43. The molecule has 0 radical (unpaired) electrons. The minimum atomic E-state index is -0.610. The van der Waals surface area contributed by atoms with Crippen molar-refractivity contribution in [1.82, 2.24) is 0 Å². The van der Waals surface area contributed by atoms with Gasteiger partial charge in [0, 0.05) is 11.1 Å². The second-order valence-corrected chi connectivity index (χ2v) is 8.19. The smallest absolute Gasteiger partial charge is 0.312 e. The molecule has 134 valence electrons. The van der Waals surface area contributed by atoms with Crippen LogP contribution in [0.25, 0.3) is 0 Å². The normalized spacial score (nSPS) is 30.7. The maximum absolute atomic E-state index is 12.2. The summed E-state index contributed by atoms with van der Waals surface area (Å²) in [6, 6.07) is 17.8. The molecule has 2 fully saturated rings. The number of quaternary nitrogens is 1. The zero-order valence-corrected chi connectivity index (χ0v) is 15.3. The molecule has 3 heteroatoms. The number of carbonyl (C=O) groups is 1. The maximum Gasteiger partial charge on any atom is 0.312 e. The van der Waals surface area contributed by atoms with Crippen LogP contribution in [0, 0.1) is 5.92 Å². The lowest BCUT2D eigenvalue weighted by Gasteiger charge is -2.29. The minimum Gasteiger partial charge on any atom is -0.481 e. The Labute approximate surface area is 154 Å². The Hall–Kier alpha value is -2.13. The van der Waals surface area contributed by atoms with Gasteiger partial charge >= 0.3 is 5.97 Å². The van der Waals surface area contributed by atoms with Gasteiger partial charge in [0.05, 0.1) is 13.1 Å². The third-order valence-corrected chi connectivity index (χ3v) is 7.45. The highest BCUT2D eigenvalue weighted by Crippen LogP contribution is 2.68. The summed E-state index contributed by atoms with van der Waals surface area (Å²) in [5.41, 5.74) is 5.44. The van der Waals surface area contributed by atoms with Gasteiger partial charge in [-0.25, -0.2) is 0 Å². The molecule has 1 aliphatic carbocycles. The monoisotopic (exact) mass is 348 g/mol. The number of carboxylic acid groups (broad SMARTS) is 1. The molecule has 3 aliphatic rings. The van der Waals surface area contributed by atoms with E-state index < -0.39 is 5.97 Å². The van der Waals surface area contributed by atoms with Gasteiger partial charge in [0.25, 0.3) is 0 Å². The average Bonchev–Trinajstić information content (AvgIpc) is 3.34. The first kappa shape index (κ1) is 16.1. The number of piperidine rings is 1. The highest BCUT2D eigenvalue weighted by atomic mass is 16.4. The molecule has 2 saturated heterocycles. The average molecular weight is 348 g/mol. The summed E-state index contributed by atoms with van der Waals surface area (Å²) in [4.78, 5) is 12.2. The lowest BCUT2D eigenvalue weighted by atomic mass is 9.80. The molecule has 2 aromatic rings. The first-order chi connectivity index (χ1) is 12.7. The zero-order chi connectivity index (χ0) is 17.9. The maximum atomic E-state index is 12.2. The van der Waals surface area contributed by atoms with Crippen molar-refractivity contribution >= 4 is 5.97 Å². The fraction of sp³-hybridized carbons (Fsp3) is 0.435. The van der Waals surface area contributed by atoms with E-state index in [-0.39, 0.29) is 17.5 Å². The van der Waals surface area contributed by atoms with E-state index in [1.165, 1.54) is 22.3 Å². The fourth-order valence-electron chi connectivity index (χ4n) is 6.55. The van der Waals surface area contributed by atoms with E-state index in [9.17, 15) is 9.90 Å². The van der Waals surface area contributed by atoms with E-state index >= 15 is 0 Å². The van der Waals surface area contributed by atoms with Crippen LogP contribution in [0.3, 0.4) is 0 Å². The van der Waals surface area contributed by atoms with E-state index in [2.05, 4.69) is 55.5 Å². The van der Waals surface area contributed by atoms with Crippen LogP contribution in [0.4, 0.5) is 0 Å². The predicted octanol–water partition coefficient (Wildman–Crippen LogP) is 3.74. The summed E-state index contributed by atoms with van der Waals surface area (Å²) in [6.07, 6.45) is 3.91. The van der Waals surface area contributed by atoms with Crippen LogP contribution < -0.4 is 0 Å². The number of likely N-dealkylation sites (N-methyl/N-ethyl adjacent to an activating group) is 1. The van der Waals surface area contributed by atoms with Crippen LogP contribution in [0.5, 0.6) is 0 Å². The highest BCUT2D eigenvalue weighted by Gasteiger charge is 2.84. The number of aliphatic carboxylic acids is 1. The fourth-order valence-corrected chi connectivity index (χ4v) is 6.55. The summed E-state index contributed by atoms with van der Waals surface area (Å²) < 4.78 is 0.929. The van der Waals surface area contributed by atoms with Crippen LogP contribution in [0.2, 0.25) is 0 Å². The molecule has 3 atom stereocenters. The number of hydrogen-bond acceptors (Lipinski definition) is 1. The molecule has 1 spiro atoms. The Bertz CT molecular complexity index is 842. The summed E-state index contributed by atoms with van der Waals surface area (Å²) in [7, 11) is 0. The number of fused-ring (bicyclic) bond motifs is 7. The van der Waals surface area contributed by atoms with Crippen molar-refractivity contribution in [1.29, 1.82) is 0 Å². The van der Waals surface area contributed by atoms with Crippen LogP contribution in [-0.4, -0.2) is 34.7 Å². The van der Waals surface area contributed by atoms with Gasteiger partial charge in [-0.15, -0.1) is 0 Å². The molecule has 5 rings (SSSR count). The number of rotatable bonds is 2. The van der Waals surface area contributed by atoms with Crippen molar-refractivity contribution in [2.45, 2.75) is 44.2 Å². The Kier molecular flexibility index (Phi) is 3.36. The van der Waals surface area contributed by atoms with Crippen LogP contribution >= 0.6 is 0 Å². The van der Waals surface area contributed by atoms with Gasteiger partial charge in [-0.2, -0.15) is 0 Å². The lowest BCUT2D eigenvalue weighted by molar-refractivity contribution is -0.846. The molecule has 2 aliphatic heterocycles. The molecule has 3 nitrogen and oxygen atoms in total. The highest BCUT2D eigenvalue weighted by molar-refractivity contribution is 5.73. The molecule has 0 aromatic heterocycles. The minimum absolute atomic E-state index is 0.166. The predicted molar refractivity (Wildman–Crippen MR) is 101 cm³/mol. The summed E-state index contributed by atoms with van der Waals surface area (Å²) in [6.45, 7) is 4.34. The van der Waals surface area contributed by atoms with Gasteiger partial charge in [0.1, 0.15) is 5.92 Å². The standard InChI is InChI=1S/C23H25NO2/c1-2-24-15-7-10-18(22(25)26)21(24)23(24)19-11-5-3-8-16(19)13-14-17-9-4-6-12-20(17)23/h3-6,8-9,11-12,18,21H,2,7,10,13-15H2,1H3/p+1/t18?,21?,24-/m0/s1. The van der Waals surface area contributed by atoms with E-state index in [1.54, 1.807) is 0 Å². The van der Waals surface area contributed by atoms with Crippen molar-refractivity contribution in [2.75, 3.05) is 13.1 Å². The van der Waals surface area contributed by atoms with E-state index in [1.807, 2.05) is 0 Å². The van der Waals surface area contributed by atoms with Gasteiger partial charge in [-0.05, 0) is 43.7 Å². The third kappa shape index (κ3) is 1.75. The van der Waals surface area contributed by atoms with Crippen LogP contribution in [-0.2, 0) is 23.2 Å². The molecule has 2 unspecified atom stereocenters. The van der Waals surface area contributed by atoms with Gasteiger partial charge in [0.15, 0.2) is 6.04 Å². The van der Waals surface area contributed by atoms with Crippen molar-refractivity contribution in [3.05, 3.63) is 70.8 Å². The molecule has 0 bridgehead atoms. The molecule has 2 aromatic carbocycles. The van der Waals surface area contributed by atoms with Crippen molar-refractivity contribution in [3.8, 4) is 0 Å². The largest absolute Gasteiger partial charge is 0.481 e. The third-order valence-electron chi connectivity index (χ3n) is 7.45. The van der Waals surface area contributed by atoms with Crippen molar-refractivity contribution in [2.24, 2.45) is 5.92 Å². The van der Waals surface area contributed by atoms with Crippen LogP contribution in [0.15, 0.2) is 48.5 Å².